The highest BCUT2D eigenvalue weighted by Gasteiger charge is 2.20. The maximum atomic E-state index is 12.8. The van der Waals surface area contributed by atoms with E-state index in [9.17, 15) is 4.79 Å². The molecule has 0 unspecified atom stereocenters. The topological polar surface area (TPSA) is 49.3 Å². The van der Waals surface area contributed by atoms with Crippen molar-refractivity contribution in [2.45, 2.75) is 32.6 Å². The molecule has 1 aromatic heterocycles. The summed E-state index contributed by atoms with van der Waals surface area (Å²) in [6.07, 6.45) is 6.25. The summed E-state index contributed by atoms with van der Waals surface area (Å²) in [5, 5.41) is 0. The first-order chi connectivity index (χ1) is 11.8. The molecule has 3 rings (SSSR count). The minimum Gasteiger partial charge on any atom is -0.337 e. The van der Waals surface area contributed by atoms with Crippen LogP contribution in [0.4, 0.5) is 11.6 Å². The molecule has 24 heavy (non-hydrogen) atoms. The highest BCUT2D eigenvalue weighted by atomic mass is 16.2. The second-order valence-electron chi connectivity index (χ2n) is 6.03. The lowest BCUT2D eigenvalue weighted by molar-refractivity contribution is 0.0755. The Morgan fingerprint density at radius 2 is 1.79 bits per heavy atom. The van der Waals surface area contributed by atoms with Crippen LogP contribution in [-0.4, -0.2) is 40.4 Å². The summed E-state index contributed by atoms with van der Waals surface area (Å²) in [4.78, 5) is 25.6. The van der Waals surface area contributed by atoms with Gasteiger partial charge in [-0.1, -0.05) is 31.0 Å². The highest BCUT2D eigenvalue weighted by Crippen LogP contribution is 2.21. The third-order valence-corrected chi connectivity index (χ3v) is 4.38. The third-order valence-electron chi connectivity index (χ3n) is 4.38. The Morgan fingerprint density at radius 1 is 1.08 bits per heavy atom. The van der Waals surface area contributed by atoms with Crippen molar-refractivity contribution < 1.29 is 4.79 Å². The van der Waals surface area contributed by atoms with E-state index in [2.05, 4.69) is 16.9 Å². The van der Waals surface area contributed by atoms with Gasteiger partial charge in [-0.05, 0) is 38.0 Å². The fraction of sp³-hybridized carbons (Fsp3) is 0.421. The van der Waals surface area contributed by atoms with Gasteiger partial charge in [0.25, 0.3) is 5.91 Å². The maximum absolute atomic E-state index is 12.8. The van der Waals surface area contributed by atoms with Crippen LogP contribution in [0.2, 0.25) is 0 Å². The monoisotopic (exact) mass is 324 g/mol. The first-order valence-corrected chi connectivity index (χ1v) is 8.74. The van der Waals surface area contributed by atoms with Gasteiger partial charge in [0.2, 0.25) is 5.95 Å². The second-order valence-corrected chi connectivity index (χ2v) is 6.03. The Labute approximate surface area is 143 Å². The lowest BCUT2D eigenvalue weighted by Crippen LogP contribution is -2.33. The molecule has 1 amide bonds. The third kappa shape index (κ3) is 3.72. The summed E-state index contributed by atoms with van der Waals surface area (Å²) in [5.41, 5.74) is 1.51. The molecule has 1 aliphatic heterocycles. The van der Waals surface area contributed by atoms with E-state index in [4.69, 9.17) is 0 Å². The number of benzene rings is 1. The molecule has 0 bridgehead atoms. The number of carbonyl (C=O) groups is 1. The lowest BCUT2D eigenvalue weighted by atomic mass is 10.2. The van der Waals surface area contributed by atoms with Crippen molar-refractivity contribution in [1.29, 1.82) is 0 Å². The average Bonchev–Trinajstić information content (AvgIpc) is 2.92. The first kappa shape index (κ1) is 16.4. The molecule has 0 spiro atoms. The molecule has 0 aliphatic carbocycles. The van der Waals surface area contributed by atoms with Gasteiger partial charge in [0.15, 0.2) is 0 Å². The lowest BCUT2D eigenvalue weighted by Gasteiger charge is -2.23. The van der Waals surface area contributed by atoms with Gasteiger partial charge in [0.05, 0.1) is 0 Å². The van der Waals surface area contributed by atoms with E-state index in [0.29, 0.717) is 11.6 Å². The molecule has 2 heterocycles. The Balaban J connectivity index is 1.84. The molecule has 2 aromatic rings. The number of carbonyl (C=O) groups excluding carboxylic acids is 1. The van der Waals surface area contributed by atoms with Crippen molar-refractivity contribution in [3.8, 4) is 0 Å². The van der Waals surface area contributed by atoms with Crippen LogP contribution in [0.15, 0.2) is 42.6 Å². The zero-order valence-electron chi connectivity index (χ0n) is 14.2. The van der Waals surface area contributed by atoms with Crippen LogP contribution in [0.5, 0.6) is 0 Å². The van der Waals surface area contributed by atoms with Gasteiger partial charge in [-0.25, -0.2) is 9.97 Å². The number of rotatable bonds is 4. The number of hydrogen-bond acceptors (Lipinski definition) is 4. The predicted molar refractivity (Wildman–Crippen MR) is 95.5 cm³/mol. The summed E-state index contributed by atoms with van der Waals surface area (Å²) < 4.78 is 0. The van der Waals surface area contributed by atoms with E-state index < -0.39 is 0 Å². The molecule has 1 aromatic carbocycles. The number of nitrogens with zero attached hydrogens (tertiary/aromatic N) is 4. The van der Waals surface area contributed by atoms with Gasteiger partial charge in [-0.3, -0.25) is 4.79 Å². The summed E-state index contributed by atoms with van der Waals surface area (Å²) in [6.45, 7) is 4.45. The Morgan fingerprint density at radius 3 is 2.46 bits per heavy atom. The highest BCUT2D eigenvalue weighted by molar-refractivity contribution is 5.92. The van der Waals surface area contributed by atoms with Crippen LogP contribution < -0.4 is 4.90 Å². The SMILES string of the molecule is CCN(c1ccccc1)c1nccc(C(=O)N2CCCCCC2)n1. The van der Waals surface area contributed by atoms with Crippen molar-refractivity contribution in [2.75, 3.05) is 24.5 Å². The molecular weight excluding hydrogens is 300 g/mol. The molecular formula is C19H24N4O. The number of likely N-dealkylation sites (tertiary alicyclic amines) is 1. The molecule has 0 radical (unpaired) electrons. The number of hydrogen-bond donors (Lipinski definition) is 0. The number of anilines is 2. The second kappa shape index (κ2) is 7.90. The van der Waals surface area contributed by atoms with Crippen LogP contribution in [-0.2, 0) is 0 Å². The Hall–Kier alpha value is -2.43. The minimum atomic E-state index is 0.0182. The van der Waals surface area contributed by atoms with E-state index in [-0.39, 0.29) is 5.91 Å². The van der Waals surface area contributed by atoms with Crippen LogP contribution in [0.3, 0.4) is 0 Å². The van der Waals surface area contributed by atoms with E-state index in [1.165, 1.54) is 12.8 Å². The standard InChI is InChI=1S/C19H24N4O/c1-2-23(16-10-6-5-7-11-16)19-20-13-12-17(21-19)18(24)22-14-8-3-4-9-15-22/h5-7,10-13H,2-4,8-9,14-15H2,1H3. The number of aromatic nitrogens is 2. The van der Waals surface area contributed by atoms with Crippen LogP contribution in [0.25, 0.3) is 0 Å². The molecule has 1 fully saturated rings. The molecule has 126 valence electrons. The fourth-order valence-corrected chi connectivity index (χ4v) is 3.08. The molecule has 1 aliphatic rings. The first-order valence-electron chi connectivity index (χ1n) is 8.74. The maximum Gasteiger partial charge on any atom is 0.272 e. The van der Waals surface area contributed by atoms with Gasteiger partial charge >= 0.3 is 0 Å². The summed E-state index contributed by atoms with van der Waals surface area (Å²) in [5.74, 6) is 0.592. The van der Waals surface area contributed by atoms with Crippen molar-refractivity contribution in [3.63, 3.8) is 0 Å². The van der Waals surface area contributed by atoms with Gasteiger partial charge in [-0.2, -0.15) is 0 Å². The molecule has 0 atom stereocenters. The smallest absolute Gasteiger partial charge is 0.272 e. The van der Waals surface area contributed by atoms with Gasteiger partial charge in [0, 0.05) is 31.5 Å². The van der Waals surface area contributed by atoms with Gasteiger partial charge in [-0.15, -0.1) is 0 Å². The summed E-state index contributed by atoms with van der Waals surface area (Å²) in [7, 11) is 0. The number of para-hydroxylation sites is 1. The Kier molecular flexibility index (Phi) is 5.41. The summed E-state index contributed by atoms with van der Waals surface area (Å²) in [6, 6.07) is 11.7. The average molecular weight is 324 g/mol. The zero-order valence-corrected chi connectivity index (χ0v) is 14.2. The van der Waals surface area contributed by atoms with E-state index in [0.717, 1.165) is 38.2 Å². The predicted octanol–water partition coefficient (Wildman–Crippen LogP) is 3.65. The zero-order chi connectivity index (χ0) is 16.8. The quantitative estimate of drug-likeness (QED) is 0.861. The molecule has 5 nitrogen and oxygen atoms in total. The van der Waals surface area contributed by atoms with Gasteiger partial charge < -0.3 is 9.80 Å². The Bertz CT molecular complexity index is 666. The van der Waals surface area contributed by atoms with Crippen molar-refractivity contribution in [1.82, 2.24) is 14.9 Å². The van der Waals surface area contributed by atoms with E-state index in [1.54, 1.807) is 12.3 Å². The summed E-state index contributed by atoms with van der Waals surface area (Å²) >= 11 is 0. The molecule has 0 saturated carbocycles. The van der Waals surface area contributed by atoms with Crippen molar-refractivity contribution in [3.05, 3.63) is 48.3 Å². The minimum absolute atomic E-state index is 0.0182. The largest absolute Gasteiger partial charge is 0.337 e. The van der Waals surface area contributed by atoms with Crippen LogP contribution >= 0.6 is 0 Å². The van der Waals surface area contributed by atoms with Crippen LogP contribution in [0, 0.1) is 0 Å². The van der Waals surface area contributed by atoms with Crippen molar-refractivity contribution in [2.24, 2.45) is 0 Å². The fourth-order valence-electron chi connectivity index (χ4n) is 3.08. The van der Waals surface area contributed by atoms with Gasteiger partial charge in [0.1, 0.15) is 5.69 Å². The molecule has 5 heteroatoms. The number of amides is 1. The van der Waals surface area contributed by atoms with Crippen molar-refractivity contribution >= 4 is 17.5 Å². The molecule has 0 N–H and O–H groups in total. The normalized spacial score (nSPS) is 15.0. The van der Waals surface area contributed by atoms with E-state index in [1.807, 2.05) is 40.1 Å². The van der Waals surface area contributed by atoms with Crippen LogP contribution in [0.1, 0.15) is 43.1 Å². The molecule has 1 saturated heterocycles. The van der Waals surface area contributed by atoms with E-state index >= 15 is 0 Å².